The number of aryl methyl sites for hydroxylation is 1. The van der Waals surface area contributed by atoms with E-state index >= 15 is 0 Å². The summed E-state index contributed by atoms with van der Waals surface area (Å²) in [4.78, 5) is 24.8. The lowest BCUT2D eigenvalue weighted by Crippen LogP contribution is -2.34. The molecular formula is C13H15ClN2O2. The summed E-state index contributed by atoms with van der Waals surface area (Å²) in [5.74, 6) is -0.136. The first kappa shape index (κ1) is 12.9. The highest BCUT2D eigenvalue weighted by atomic mass is 35.5. The zero-order valence-electron chi connectivity index (χ0n) is 10.2. The van der Waals surface area contributed by atoms with Gasteiger partial charge in [-0.15, -0.1) is 0 Å². The van der Waals surface area contributed by atoms with Crippen molar-refractivity contribution in [3.63, 3.8) is 0 Å². The molecule has 1 heterocycles. The first-order valence-corrected chi connectivity index (χ1v) is 6.28. The highest BCUT2D eigenvalue weighted by molar-refractivity contribution is 6.31. The molecule has 4 nitrogen and oxygen atoms in total. The zero-order chi connectivity index (χ0) is 13.1. The summed E-state index contributed by atoms with van der Waals surface area (Å²) < 4.78 is 0. The molecule has 0 atom stereocenters. The number of benzene rings is 1. The summed E-state index contributed by atoms with van der Waals surface area (Å²) in [7, 11) is 0. The predicted molar refractivity (Wildman–Crippen MR) is 70.6 cm³/mol. The lowest BCUT2D eigenvalue weighted by Gasteiger charge is -2.15. The maximum atomic E-state index is 11.8. The number of anilines is 1. The largest absolute Gasteiger partial charge is 0.333 e. The molecule has 1 fully saturated rings. The van der Waals surface area contributed by atoms with E-state index in [9.17, 15) is 9.59 Å². The van der Waals surface area contributed by atoms with Crippen LogP contribution in [0.3, 0.4) is 0 Å². The van der Waals surface area contributed by atoms with Gasteiger partial charge >= 0.3 is 0 Å². The number of amides is 2. The van der Waals surface area contributed by atoms with Gasteiger partial charge in [0.1, 0.15) is 0 Å². The van der Waals surface area contributed by atoms with Gasteiger partial charge in [-0.25, -0.2) is 0 Å². The number of hydrogen-bond acceptors (Lipinski definition) is 2. The van der Waals surface area contributed by atoms with Gasteiger partial charge in [0.25, 0.3) is 0 Å². The van der Waals surface area contributed by atoms with Crippen molar-refractivity contribution in [3.05, 3.63) is 28.8 Å². The van der Waals surface area contributed by atoms with Crippen molar-refractivity contribution in [2.45, 2.75) is 19.8 Å². The Morgan fingerprint density at radius 3 is 2.94 bits per heavy atom. The van der Waals surface area contributed by atoms with Gasteiger partial charge in [-0.1, -0.05) is 17.7 Å². The zero-order valence-corrected chi connectivity index (χ0v) is 11.0. The van der Waals surface area contributed by atoms with E-state index in [4.69, 9.17) is 11.6 Å². The average Bonchev–Trinajstić information content (AvgIpc) is 2.70. The molecule has 0 bridgehead atoms. The Balaban J connectivity index is 1.98. The molecule has 0 saturated carbocycles. The maximum absolute atomic E-state index is 11.8. The third kappa shape index (κ3) is 3.01. The van der Waals surface area contributed by atoms with E-state index in [2.05, 4.69) is 5.32 Å². The molecular weight excluding hydrogens is 252 g/mol. The highest BCUT2D eigenvalue weighted by Crippen LogP contribution is 2.20. The van der Waals surface area contributed by atoms with Crippen LogP contribution in [0, 0.1) is 6.92 Å². The molecule has 1 aliphatic heterocycles. The van der Waals surface area contributed by atoms with Gasteiger partial charge in [0.2, 0.25) is 11.8 Å². The topological polar surface area (TPSA) is 49.4 Å². The van der Waals surface area contributed by atoms with Gasteiger partial charge in [-0.2, -0.15) is 0 Å². The summed E-state index contributed by atoms with van der Waals surface area (Å²) in [5.41, 5.74) is 1.64. The van der Waals surface area contributed by atoms with Crippen molar-refractivity contribution in [2.24, 2.45) is 0 Å². The molecule has 0 unspecified atom stereocenters. The van der Waals surface area contributed by atoms with Crippen LogP contribution in [0.25, 0.3) is 0 Å². The van der Waals surface area contributed by atoms with Crippen molar-refractivity contribution in [1.29, 1.82) is 0 Å². The number of likely N-dealkylation sites (tertiary alicyclic amines) is 1. The molecule has 2 rings (SSSR count). The van der Waals surface area contributed by atoms with Crippen molar-refractivity contribution >= 4 is 29.1 Å². The van der Waals surface area contributed by atoms with Crippen LogP contribution in [-0.2, 0) is 9.59 Å². The van der Waals surface area contributed by atoms with Gasteiger partial charge in [-0.05, 0) is 31.0 Å². The molecule has 1 aromatic rings. The minimum absolute atomic E-state index is 0.0490. The van der Waals surface area contributed by atoms with E-state index in [1.807, 2.05) is 13.0 Å². The summed E-state index contributed by atoms with van der Waals surface area (Å²) in [6.45, 7) is 2.68. The van der Waals surface area contributed by atoms with Crippen LogP contribution in [0.5, 0.6) is 0 Å². The average molecular weight is 267 g/mol. The Bertz CT molecular complexity index is 488. The summed E-state index contributed by atoms with van der Waals surface area (Å²) in [5, 5.41) is 3.36. The molecule has 2 amide bonds. The van der Waals surface area contributed by atoms with Gasteiger partial charge in [0.15, 0.2) is 0 Å². The van der Waals surface area contributed by atoms with E-state index in [1.165, 1.54) is 0 Å². The quantitative estimate of drug-likeness (QED) is 0.912. The minimum Gasteiger partial charge on any atom is -0.333 e. The number of rotatable bonds is 3. The number of hydrogen-bond donors (Lipinski definition) is 1. The Morgan fingerprint density at radius 2 is 2.28 bits per heavy atom. The maximum Gasteiger partial charge on any atom is 0.244 e. The molecule has 96 valence electrons. The van der Waals surface area contributed by atoms with Crippen molar-refractivity contribution in [2.75, 3.05) is 18.4 Å². The van der Waals surface area contributed by atoms with E-state index in [0.717, 1.165) is 12.0 Å². The van der Waals surface area contributed by atoms with Gasteiger partial charge in [0, 0.05) is 23.7 Å². The molecule has 1 aliphatic rings. The second kappa shape index (κ2) is 5.40. The summed E-state index contributed by atoms with van der Waals surface area (Å²) in [6, 6.07) is 5.33. The first-order chi connectivity index (χ1) is 8.56. The Hall–Kier alpha value is -1.55. The molecule has 18 heavy (non-hydrogen) atoms. The van der Waals surface area contributed by atoms with Crippen molar-refractivity contribution in [1.82, 2.24) is 4.90 Å². The van der Waals surface area contributed by atoms with Crippen molar-refractivity contribution in [3.8, 4) is 0 Å². The fraction of sp³-hybridized carbons (Fsp3) is 0.385. The summed E-state index contributed by atoms with van der Waals surface area (Å²) in [6.07, 6.45) is 1.38. The minimum atomic E-state index is -0.185. The molecule has 1 aromatic carbocycles. The van der Waals surface area contributed by atoms with Crippen LogP contribution < -0.4 is 5.32 Å². The molecule has 0 aliphatic carbocycles. The third-order valence-corrected chi connectivity index (χ3v) is 3.21. The predicted octanol–water partition coefficient (Wildman–Crippen LogP) is 2.21. The lowest BCUT2D eigenvalue weighted by atomic mass is 10.2. The van der Waals surface area contributed by atoms with E-state index in [-0.39, 0.29) is 18.4 Å². The monoisotopic (exact) mass is 266 g/mol. The number of nitrogens with zero attached hydrogens (tertiary/aromatic N) is 1. The number of carbonyl (C=O) groups excluding carboxylic acids is 2. The molecule has 0 spiro atoms. The van der Waals surface area contributed by atoms with E-state index < -0.39 is 0 Å². The SMILES string of the molecule is Cc1ccc(Cl)cc1NC(=O)CN1CCCC1=O. The van der Waals surface area contributed by atoms with Crippen molar-refractivity contribution < 1.29 is 9.59 Å². The highest BCUT2D eigenvalue weighted by Gasteiger charge is 2.22. The molecule has 1 saturated heterocycles. The second-order valence-corrected chi connectivity index (χ2v) is 4.86. The number of carbonyl (C=O) groups is 2. The van der Waals surface area contributed by atoms with E-state index in [1.54, 1.807) is 17.0 Å². The summed E-state index contributed by atoms with van der Waals surface area (Å²) >= 11 is 5.88. The number of halogens is 1. The second-order valence-electron chi connectivity index (χ2n) is 4.43. The first-order valence-electron chi connectivity index (χ1n) is 5.90. The van der Waals surface area contributed by atoms with Crippen LogP contribution in [-0.4, -0.2) is 29.8 Å². The normalized spacial score (nSPS) is 15.0. The Morgan fingerprint density at radius 1 is 1.50 bits per heavy atom. The van der Waals surface area contributed by atoms with Crippen LogP contribution in [0.15, 0.2) is 18.2 Å². The van der Waals surface area contributed by atoms with Crippen LogP contribution in [0.4, 0.5) is 5.69 Å². The van der Waals surface area contributed by atoms with Gasteiger partial charge in [-0.3, -0.25) is 9.59 Å². The Kier molecular flexibility index (Phi) is 3.87. The van der Waals surface area contributed by atoms with Crippen LogP contribution >= 0.6 is 11.6 Å². The molecule has 0 radical (unpaired) electrons. The van der Waals surface area contributed by atoms with Gasteiger partial charge in [0.05, 0.1) is 6.54 Å². The fourth-order valence-electron chi connectivity index (χ4n) is 1.96. The van der Waals surface area contributed by atoms with Gasteiger partial charge < -0.3 is 10.2 Å². The molecule has 0 aromatic heterocycles. The third-order valence-electron chi connectivity index (χ3n) is 2.98. The van der Waals surface area contributed by atoms with Crippen LogP contribution in [0.1, 0.15) is 18.4 Å². The standard InChI is InChI=1S/C13H15ClN2O2/c1-9-4-5-10(14)7-11(9)15-12(17)8-16-6-2-3-13(16)18/h4-5,7H,2-3,6,8H2,1H3,(H,15,17). The smallest absolute Gasteiger partial charge is 0.244 e. The fourth-order valence-corrected chi connectivity index (χ4v) is 2.14. The lowest BCUT2D eigenvalue weighted by molar-refractivity contribution is -0.131. The van der Waals surface area contributed by atoms with Crippen LogP contribution in [0.2, 0.25) is 5.02 Å². The Labute approximate surface area is 111 Å². The molecule has 1 N–H and O–H groups in total. The van der Waals surface area contributed by atoms with E-state index in [0.29, 0.717) is 23.7 Å². The number of nitrogens with one attached hydrogen (secondary N) is 1. The molecule has 5 heteroatoms.